The maximum Gasteiger partial charge on any atom is 0.0541 e. The Labute approximate surface area is 394 Å². The fourth-order valence-corrected chi connectivity index (χ4v) is 9.41. The van der Waals surface area contributed by atoms with E-state index in [1.165, 1.54) is 55.2 Å². The van der Waals surface area contributed by atoms with E-state index in [2.05, 4.69) is 279 Å². The van der Waals surface area contributed by atoms with Crippen LogP contribution in [-0.2, 0) is 0 Å². The number of benzene rings is 10. The van der Waals surface area contributed by atoms with E-state index in [0.717, 1.165) is 62.1 Å². The van der Waals surface area contributed by atoms with Crippen LogP contribution < -0.4 is 9.80 Å². The number of aromatic nitrogens is 1. The fraction of sp³-hybridized carbons (Fsp3) is 0.0625. The van der Waals surface area contributed by atoms with Crippen molar-refractivity contribution < 1.29 is 0 Å². The summed E-state index contributed by atoms with van der Waals surface area (Å²) in [6.07, 6.45) is 0. The van der Waals surface area contributed by atoms with Crippen LogP contribution in [0.15, 0.2) is 237 Å². The third kappa shape index (κ3) is 8.17. The molecule has 67 heavy (non-hydrogen) atoms. The number of hydrogen-bond acceptors (Lipinski definition) is 2. The van der Waals surface area contributed by atoms with Gasteiger partial charge in [-0.1, -0.05) is 138 Å². The molecule has 11 aromatic rings. The Morgan fingerprint density at radius 2 is 0.582 bits per heavy atom. The van der Waals surface area contributed by atoms with Crippen molar-refractivity contribution in [3.05, 3.63) is 259 Å². The summed E-state index contributed by atoms with van der Waals surface area (Å²) in [5.41, 5.74) is 22.2. The summed E-state index contributed by atoms with van der Waals surface area (Å²) in [6, 6.07) is 86.7. The van der Waals surface area contributed by atoms with Crippen molar-refractivity contribution in [2.24, 2.45) is 0 Å². The van der Waals surface area contributed by atoms with E-state index in [1.807, 2.05) is 0 Å². The van der Waals surface area contributed by atoms with Crippen LogP contribution in [0.25, 0.3) is 60.9 Å². The second-order valence-corrected chi connectivity index (χ2v) is 17.8. The van der Waals surface area contributed by atoms with Crippen LogP contribution >= 0.6 is 0 Å². The maximum absolute atomic E-state index is 2.38. The van der Waals surface area contributed by atoms with Gasteiger partial charge in [0.05, 0.1) is 11.0 Å². The van der Waals surface area contributed by atoms with E-state index < -0.39 is 0 Å². The lowest BCUT2D eigenvalue weighted by molar-refractivity contribution is 1.18. The number of fused-ring (bicyclic) bond motifs is 3. The standard InChI is InChI=1S/C64H51N3/c1-44-14-27-55(28-15-44)65(56-29-16-45(2)17-30-56)59-35-22-48(23-36-59)51-40-52(49-24-37-60(38-25-49)66(57-31-18-46(3)19-32-57)58-33-20-47(4)21-34-58)42-53(41-51)50-26-39-64-62(43-50)61-12-8-9-13-63(61)67(64)54-10-6-5-7-11-54/h5-43H,1-4H3. The SMILES string of the molecule is Cc1ccc(N(c2ccc(C)cc2)c2ccc(-c3cc(-c4ccc(N(c5ccc(C)cc5)c5ccc(C)cc5)cc4)cc(-c4ccc5c(c4)c4ccccc4n5-c4ccccc4)c3)cc2)cc1. The molecule has 1 heterocycles. The number of rotatable bonds is 10. The molecule has 0 atom stereocenters. The van der Waals surface area contributed by atoms with Crippen LogP contribution in [0.3, 0.4) is 0 Å². The van der Waals surface area contributed by atoms with Crippen LogP contribution in [0.1, 0.15) is 22.3 Å². The molecule has 0 bridgehead atoms. The monoisotopic (exact) mass is 861 g/mol. The molecule has 0 N–H and O–H groups in total. The summed E-state index contributed by atoms with van der Waals surface area (Å²) in [5, 5.41) is 2.47. The predicted molar refractivity (Wildman–Crippen MR) is 285 cm³/mol. The molecule has 0 fully saturated rings. The molecule has 0 saturated carbocycles. The van der Waals surface area contributed by atoms with E-state index in [4.69, 9.17) is 0 Å². The van der Waals surface area contributed by atoms with Gasteiger partial charge in [0.15, 0.2) is 0 Å². The zero-order valence-electron chi connectivity index (χ0n) is 38.4. The third-order valence-corrected chi connectivity index (χ3v) is 13.0. The van der Waals surface area contributed by atoms with E-state index in [-0.39, 0.29) is 0 Å². The zero-order chi connectivity index (χ0) is 45.4. The van der Waals surface area contributed by atoms with Crippen LogP contribution in [0.4, 0.5) is 34.1 Å². The van der Waals surface area contributed by atoms with Crippen molar-refractivity contribution in [2.45, 2.75) is 27.7 Å². The van der Waals surface area contributed by atoms with Gasteiger partial charge in [-0.3, -0.25) is 0 Å². The molecular weight excluding hydrogens is 811 g/mol. The molecule has 10 aromatic carbocycles. The first-order valence-corrected chi connectivity index (χ1v) is 23.1. The molecule has 322 valence electrons. The number of aryl methyl sites for hydroxylation is 4. The van der Waals surface area contributed by atoms with Gasteiger partial charge >= 0.3 is 0 Å². The number of anilines is 6. The first kappa shape index (κ1) is 41.3. The smallest absolute Gasteiger partial charge is 0.0541 e. The van der Waals surface area contributed by atoms with Gasteiger partial charge in [-0.25, -0.2) is 0 Å². The molecule has 0 unspecified atom stereocenters. The molecule has 3 nitrogen and oxygen atoms in total. The summed E-state index contributed by atoms with van der Waals surface area (Å²) in [4.78, 5) is 4.67. The lowest BCUT2D eigenvalue weighted by atomic mass is 9.92. The minimum Gasteiger partial charge on any atom is -0.311 e. The van der Waals surface area contributed by atoms with E-state index in [1.54, 1.807) is 0 Å². The number of nitrogens with zero attached hydrogens (tertiary/aromatic N) is 3. The number of para-hydroxylation sites is 2. The highest BCUT2D eigenvalue weighted by atomic mass is 15.1. The molecule has 0 aliphatic carbocycles. The largest absolute Gasteiger partial charge is 0.311 e. The van der Waals surface area contributed by atoms with Gasteiger partial charge < -0.3 is 14.4 Å². The van der Waals surface area contributed by atoms with Crippen molar-refractivity contribution in [3.63, 3.8) is 0 Å². The van der Waals surface area contributed by atoms with Crippen molar-refractivity contribution in [1.82, 2.24) is 4.57 Å². The van der Waals surface area contributed by atoms with Crippen molar-refractivity contribution in [1.29, 1.82) is 0 Å². The summed E-state index contributed by atoms with van der Waals surface area (Å²) in [7, 11) is 0. The maximum atomic E-state index is 2.38. The first-order chi connectivity index (χ1) is 32.8. The Hall–Kier alpha value is -8.40. The first-order valence-electron chi connectivity index (χ1n) is 23.1. The van der Waals surface area contributed by atoms with Crippen molar-refractivity contribution in [2.75, 3.05) is 9.80 Å². The molecule has 0 saturated heterocycles. The summed E-state index contributed by atoms with van der Waals surface area (Å²) >= 11 is 0. The Kier molecular flexibility index (Phi) is 10.8. The minimum absolute atomic E-state index is 1.11. The zero-order valence-corrected chi connectivity index (χ0v) is 38.4. The fourth-order valence-electron chi connectivity index (χ4n) is 9.41. The quantitative estimate of drug-likeness (QED) is 0.136. The average molecular weight is 862 g/mol. The molecular formula is C64H51N3. The number of hydrogen-bond donors (Lipinski definition) is 0. The predicted octanol–water partition coefficient (Wildman–Crippen LogP) is 18.0. The highest BCUT2D eigenvalue weighted by molar-refractivity contribution is 6.10. The molecule has 11 rings (SSSR count). The van der Waals surface area contributed by atoms with Crippen LogP contribution in [0.2, 0.25) is 0 Å². The van der Waals surface area contributed by atoms with Crippen LogP contribution in [-0.4, -0.2) is 4.57 Å². The van der Waals surface area contributed by atoms with Gasteiger partial charge in [0.1, 0.15) is 0 Å². The third-order valence-electron chi connectivity index (χ3n) is 13.0. The lowest BCUT2D eigenvalue weighted by Crippen LogP contribution is -2.09. The Balaban J connectivity index is 1.04. The molecule has 0 amide bonds. The summed E-state index contributed by atoms with van der Waals surface area (Å²) < 4.78 is 2.38. The highest BCUT2D eigenvalue weighted by Gasteiger charge is 2.18. The molecule has 0 radical (unpaired) electrons. The van der Waals surface area contributed by atoms with Crippen LogP contribution in [0, 0.1) is 27.7 Å². The topological polar surface area (TPSA) is 11.4 Å². The van der Waals surface area contributed by atoms with Gasteiger partial charge in [-0.15, -0.1) is 0 Å². The van der Waals surface area contributed by atoms with Gasteiger partial charge in [-0.05, 0) is 182 Å². The molecule has 0 spiro atoms. The second kappa shape index (κ2) is 17.5. The van der Waals surface area contributed by atoms with Gasteiger partial charge in [0, 0.05) is 50.6 Å². The molecule has 0 aliphatic rings. The second-order valence-electron chi connectivity index (χ2n) is 17.8. The Morgan fingerprint density at radius 1 is 0.254 bits per heavy atom. The van der Waals surface area contributed by atoms with Crippen molar-refractivity contribution in [3.8, 4) is 39.1 Å². The highest BCUT2D eigenvalue weighted by Crippen LogP contribution is 2.41. The van der Waals surface area contributed by atoms with Gasteiger partial charge in [0.2, 0.25) is 0 Å². The molecule has 1 aromatic heterocycles. The molecule has 0 aliphatic heterocycles. The summed E-state index contributed by atoms with van der Waals surface area (Å²) in [6.45, 7) is 8.55. The van der Waals surface area contributed by atoms with E-state index in [9.17, 15) is 0 Å². The van der Waals surface area contributed by atoms with E-state index in [0.29, 0.717) is 0 Å². The summed E-state index contributed by atoms with van der Waals surface area (Å²) in [5.74, 6) is 0. The van der Waals surface area contributed by atoms with Crippen molar-refractivity contribution >= 4 is 55.9 Å². The van der Waals surface area contributed by atoms with Crippen LogP contribution in [0.5, 0.6) is 0 Å². The Morgan fingerprint density at radius 3 is 1.00 bits per heavy atom. The van der Waals surface area contributed by atoms with Gasteiger partial charge in [0.25, 0.3) is 0 Å². The Bertz CT molecular complexity index is 3250. The minimum atomic E-state index is 1.11. The average Bonchev–Trinajstić information content (AvgIpc) is 3.71. The lowest BCUT2D eigenvalue weighted by Gasteiger charge is -2.26. The van der Waals surface area contributed by atoms with Gasteiger partial charge in [-0.2, -0.15) is 0 Å². The molecule has 3 heteroatoms. The normalized spacial score (nSPS) is 11.3. The van der Waals surface area contributed by atoms with E-state index >= 15 is 0 Å².